The molecule has 25 heavy (non-hydrogen) atoms. The molecule has 0 aromatic carbocycles. The lowest BCUT2D eigenvalue weighted by atomic mass is 9.84. The summed E-state index contributed by atoms with van der Waals surface area (Å²) < 4.78 is 6.18. The molecule has 0 unspecified atom stereocenters. The van der Waals surface area contributed by atoms with Gasteiger partial charge in [-0.25, -0.2) is 0 Å². The summed E-state index contributed by atoms with van der Waals surface area (Å²) in [5.41, 5.74) is 5.84. The molecule has 2 aliphatic rings. The van der Waals surface area contributed by atoms with Crippen molar-refractivity contribution in [2.24, 2.45) is 11.7 Å². The number of fused-ring (bicyclic) bond motifs is 1. The molecule has 7 heteroatoms. The highest BCUT2D eigenvalue weighted by atomic mass is 32.1. The zero-order valence-electron chi connectivity index (χ0n) is 15.2. The molecule has 0 saturated heterocycles. The van der Waals surface area contributed by atoms with Gasteiger partial charge in [-0.15, -0.1) is 11.3 Å². The van der Waals surface area contributed by atoms with Gasteiger partial charge >= 0.3 is 0 Å². The van der Waals surface area contributed by atoms with Crippen LogP contribution in [0.4, 0.5) is 5.00 Å². The number of thiophene rings is 1. The summed E-state index contributed by atoms with van der Waals surface area (Å²) in [4.78, 5) is 27.2. The van der Waals surface area contributed by atoms with Crippen LogP contribution in [-0.2, 0) is 21.6 Å². The standard InChI is InChI=1S/C18H26N2O4S/c1-17(2)8-11-12(14(19)22)16(25-13(11)18(3,4)24-17)20(9-21)15(23)10-6-5-7-10/h10,21H,5-9H2,1-4H3,(H2,19,22). The Labute approximate surface area is 151 Å². The number of hydrogen-bond donors (Lipinski definition) is 2. The number of rotatable bonds is 4. The van der Waals surface area contributed by atoms with E-state index in [0.717, 1.165) is 29.7 Å². The van der Waals surface area contributed by atoms with E-state index in [9.17, 15) is 14.7 Å². The van der Waals surface area contributed by atoms with Crippen LogP contribution in [0.1, 0.15) is 67.8 Å². The van der Waals surface area contributed by atoms with Crippen LogP contribution in [0.5, 0.6) is 0 Å². The first-order valence-corrected chi connectivity index (χ1v) is 9.47. The zero-order chi connectivity index (χ0) is 18.6. The van der Waals surface area contributed by atoms with Crippen molar-refractivity contribution in [2.45, 2.75) is 64.6 Å². The molecule has 0 radical (unpaired) electrons. The molecule has 1 aliphatic carbocycles. The lowest BCUT2D eigenvalue weighted by Crippen LogP contribution is -2.42. The highest BCUT2D eigenvalue weighted by Gasteiger charge is 2.44. The predicted molar refractivity (Wildman–Crippen MR) is 96.6 cm³/mol. The van der Waals surface area contributed by atoms with Crippen LogP contribution in [0.3, 0.4) is 0 Å². The molecule has 2 amide bonds. The Kier molecular flexibility index (Phi) is 4.46. The van der Waals surface area contributed by atoms with Crippen molar-refractivity contribution in [3.63, 3.8) is 0 Å². The second-order valence-electron chi connectivity index (χ2n) is 8.04. The summed E-state index contributed by atoms with van der Waals surface area (Å²) in [7, 11) is 0. The summed E-state index contributed by atoms with van der Waals surface area (Å²) in [6.45, 7) is 7.40. The molecule has 0 bridgehead atoms. The molecule has 0 spiro atoms. The number of ether oxygens (including phenoxy) is 1. The van der Waals surface area contributed by atoms with Gasteiger partial charge < -0.3 is 15.6 Å². The topological polar surface area (TPSA) is 92.9 Å². The summed E-state index contributed by atoms with van der Waals surface area (Å²) in [6.07, 6.45) is 3.22. The molecular formula is C18H26N2O4S. The van der Waals surface area contributed by atoms with E-state index in [-0.39, 0.29) is 11.8 Å². The molecule has 3 N–H and O–H groups in total. The highest BCUT2D eigenvalue weighted by molar-refractivity contribution is 7.17. The quantitative estimate of drug-likeness (QED) is 0.801. The average Bonchev–Trinajstić information content (AvgIpc) is 2.75. The summed E-state index contributed by atoms with van der Waals surface area (Å²) >= 11 is 1.33. The molecule has 6 nitrogen and oxygen atoms in total. The van der Waals surface area contributed by atoms with Crippen molar-refractivity contribution in [2.75, 3.05) is 11.6 Å². The first-order valence-electron chi connectivity index (χ1n) is 8.66. The molecule has 2 heterocycles. The Balaban J connectivity index is 2.13. The number of anilines is 1. The molecular weight excluding hydrogens is 340 g/mol. The van der Waals surface area contributed by atoms with E-state index >= 15 is 0 Å². The fourth-order valence-electron chi connectivity index (χ4n) is 3.86. The van der Waals surface area contributed by atoms with Gasteiger partial charge in [0.15, 0.2) is 0 Å². The summed E-state index contributed by atoms with van der Waals surface area (Å²) in [6, 6.07) is 0. The predicted octanol–water partition coefficient (Wildman–Crippen LogP) is 2.52. The number of nitrogens with zero attached hydrogens (tertiary/aromatic N) is 1. The first-order chi connectivity index (χ1) is 11.6. The van der Waals surface area contributed by atoms with E-state index in [4.69, 9.17) is 10.5 Å². The van der Waals surface area contributed by atoms with E-state index in [0.29, 0.717) is 17.0 Å². The lowest BCUT2D eigenvalue weighted by Gasteiger charge is -2.41. The van der Waals surface area contributed by atoms with Crippen LogP contribution in [0.15, 0.2) is 0 Å². The van der Waals surface area contributed by atoms with E-state index in [1.807, 2.05) is 27.7 Å². The minimum absolute atomic E-state index is 0.0762. The monoisotopic (exact) mass is 366 g/mol. The zero-order valence-corrected chi connectivity index (χ0v) is 16.0. The van der Waals surface area contributed by atoms with Crippen LogP contribution in [0.2, 0.25) is 0 Å². The van der Waals surface area contributed by atoms with Gasteiger partial charge in [-0.2, -0.15) is 0 Å². The molecule has 1 aromatic rings. The van der Waals surface area contributed by atoms with Gasteiger partial charge in [0.25, 0.3) is 5.91 Å². The third-order valence-electron chi connectivity index (χ3n) is 5.02. The van der Waals surface area contributed by atoms with E-state index < -0.39 is 23.8 Å². The minimum Gasteiger partial charge on any atom is -0.376 e. The van der Waals surface area contributed by atoms with Crippen LogP contribution in [0, 0.1) is 5.92 Å². The largest absolute Gasteiger partial charge is 0.376 e. The molecule has 138 valence electrons. The number of amides is 2. The van der Waals surface area contributed by atoms with Gasteiger partial charge in [0.05, 0.1) is 16.8 Å². The number of carbonyl (C=O) groups excluding carboxylic acids is 2. The molecule has 0 atom stereocenters. The van der Waals surface area contributed by atoms with Gasteiger partial charge in [-0.05, 0) is 46.1 Å². The lowest BCUT2D eigenvalue weighted by molar-refractivity contribution is -0.135. The fourth-order valence-corrected chi connectivity index (χ4v) is 5.22. The SMILES string of the molecule is CC1(C)Cc2c(sc(N(CO)C(=O)C3CCC3)c2C(N)=O)C(C)(C)O1. The third-order valence-corrected chi connectivity index (χ3v) is 6.58. The molecule has 1 saturated carbocycles. The Hall–Kier alpha value is -1.44. The van der Waals surface area contributed by atoms with Crippen LogP contribution >= 0.6 is 11.3 Å². The second kappa shape index (κ2) is 6.07. The van der Waals surface area contributed by atoms with Crippen molar-refractivity contribution < 1.29 is 19.4 Å². The number of aliphatic hydroxyl groups excluding tert-OH is 1. The molecule has 3 rings (SSSR count). The highest BCUT2D eigenvalue weighted by Crippen LogP contribution is 2.49. The number of primary amides is 1. The van der Waals surface area contributed by atoms with Crippen molar-refractivity contribution in [1.82, 2.24) is 0 Å². The molecule has 1 aromatic heterocycles. The average molecular weight is 366 g/mol. The Bertz CT molecular complexity index is 719. The minimum atomic E-state index is -0.592. The number of aliphatic hydroxyl groups is 1. The summed E-state index contributed by atoms with van der Waals surface area (Å²) in [5, 5.41) is 10.3. The maximum atomic E-state index is 12.7. The Morgan fingerprint density at radius 2 is 1.96 bits per heavy atom. The van der Waals surface area contributed by atoms with Gasteiger partial charge in [0.1, 0.15) is 11.7 Å². The van der Waals surface area contributed by atoms with Gasteiger partial charge in [0, 0.05) is 17.2 Å². The summed E-state index contributed by atoms with van der Waals surface area (Å²) in [5.74, 6) is -0.776. The van der Waals surface area contributed by atoms with E-state index in [1.54, 1.807) is 0 Å². The van der Waals surface area contributed by atoms with Crippen molar-refractivity contribution >= 4 is 28.2 Å². The van der Waals surface area contributed by atoms with E-state index in [1.165, 1.54) is 16.2 Å². The third kappa shape index (κ3) is 3.09. The maximum absolute atomic E-state index is 12.7. The smallest absolute Gasteiger partial charge is 0.252 e. The van der Waals surface area contributed by atoms with Gasteiger partial charge in [-0.1, -0.05) is 6.42 Å². The molecule has 1 fully saturated rings. The first kappa shape index (κ1) is 18.4. The van der Waals surface area contributed by atoms with Crippen LogP contribution < -0.4 is 10.6 Å². The Morgan fingerprint density at radius 1 is 1.32 bits per heavy atom. The van der Waals surface area contributed by atoms with Crippen molar-refractivity contribution in [3.8, 4) is 0 Å². The van der Waals surface area contributed by atoms with Crippen LogP contribution in [0.25, 0.3) is 0 Å². The normalized spacial score (nSPS) is 21.3. The van der Waals surface area contributed by atoms with Gasteiger partial charge in [0.2, 0.25) is 5.91 Å². The fraction of sp³-hybridized carbons (Fsp3) is 0.667. The number of hydrogen-bond acceptors (Lipinski definition) is 5. The maximum Gasteiger partial charge on any atom is 0.252 e. The molecule has 1 aliphatic heterocycles. The van der Waals surface area contributed by atoms with Crippen molar-refractivity contribution in [3.05, 3.63) is 16.0 Å². The second-order valence-corrected chi connectivity index (χ2v) is 9.04. The number of carbonyl (C=O) groups is 2. The Morgan fingerprint density at radius 3 is 2.44 bits per heavy atom. The van der Waals surface area contributed by atoms with Crippen molar-refractivity contribution in [1.29, 1.82) is 0 Å². The number of nitrogens with two attached hydrogens (primary N) is 1. The van der Waals surface area contributed by atoms with Gasteiger partial charge in [-0.3, -0.25) is 14.5 Å². The van der Waals surface area contributed by atoms with Crippen LogP contribution in [-0.4, -0.2) is 29.3 Å². The van der Waals surface area contributed by atoms with E-state index in [2.05, 4.69) is 0 Å².